The largest absolute Gasteiger partial charge is 0.467 e. The van der Waals surface area contributed by atoms with Gasteiger partial charge in [-0.2, -0.15) is 0 Å². The summed E-state index contributed by atoms with van der Waals surface area (Å²) in [5, 5.41) is 13.0. The number of urea groups is 1. The highest BCUT2D eigenvalue weighted by Gasteiger charge is 2.31. The molecule has 3 rings (SSSR count). The topological polar surface area (TPSA) is 87.7 Å². The molecule has 134 valence electrons. The van der Waals surface area contributed by atoms with Crippen LogP contribution in [0.2, 0.25) is 0 Å². The molecule has 8 heteroatoms. The van der Waals surface area contributed by atoms with Gasteiger partial charge in [0.05, 0.1) is 6.26 Å². The third kappa shape index (κ3) is 3.96. The number of furan rings is 1. The molecule has 2 aromatic rings. The van der Waals surface area contributed by atoms with E-state index in [1.807, 2.05) is 0 Å². The van der Waals surface area contributed by atoms with Gasteiger partial charge in [-0.3, -0.25) is 4.79 Å². The summed E-state index contributed by atoms with van der Waals surface area (Å²) in [5.41, 5.74) is -0.0537. The van der Waals surface area contributed by atoms with E-state index in [-0.39, 0.29) is 23.3 Å². The summed E-state index contributed by atoms with van der Waals surface area (Å²) in [6.45, 7) is 0.593. The van der Waals surface area contributed by atoms with E-state index in [2.05, 4.69) is 21.2 Å². The number of aryl methyl sites for hydroxylation is 1. The van der Waals surface area contributed by atoms with E-state index in [4.69, 9.17) is 4.42 Å². The summed E-state index contributed by atoms with van der Waals surface area (Å²) >= 11 is 3.32. The first-order chi connectivity index (χ1) is 12.0. The van der Waals surface area contributed by atoms with E-state index in [1.165, 1.54) is 10.8 Å². The molecular weight excluding hydrogens is 390 g/mol. The summed E-state index contributed by atoms with van der Waals surface area (Å²) in [6.07, 6.45) is 4.46. The maximum atomic E-state index is 12.6. The van der Waals surface area contributed by atoms with Crippen molar-refractivity contribution >= 4 is 27.6 Å². The standard InChI is InChI=1S/C17H20BrN3O4/c1-20-10-11(18)8-13(16(20)23)19-17(24)21-6-2-4-12(21)9-14(22)15-5-3-7-25-15/h3,5,7-8,10,12,14,22H,2,4,6,9H2,1H3,(H,19,24). The Kier molecular flexibility index (Phi) is 5.29. The number of pyridine rings is 1. The number of hydrogen-bond donors (Lipinski definition) is 2. The van der Waals surface area contributed by atoms with Crippen LogP contribution >= 0.6 is 15.9 Å². The second-order valence-corrected chi connectivity index (χ2v) is 7.09. The zero-order valence-corrected chi connectivity index (χ0v) is 15.4. The number of nitrogens with zero attached hydrogens (tertiary/aromatic N) is 2. The van der Waals surface area contributed by atoms with Gasteiger partial charge in [-0.1, -0.05) is 0 Å². The van der Waals surface area contributed by atoms with Crippen molar-refractivity contribution in [1.29, 1.82) is 0 Å². The molecule has 2 aromatic heterocycles. The molecule has 2 atom stereocenters. The monoisotopic (exact) mass is 409 g/mol. The Hall–Kier alpha value is -2.06. The van der Waals surface area contributed by atoms with Crippen molar-refractivity contribution in [3.05, 3.63) is 51.2 Å². The van der Waals surface area contributed by atoms with Crippen LogP contribution in [0.5, 0.6) is 0 Å². The molecule has 1 aliphatic heterocycles. The van der Waals surface area contributed by atoms with Crippen molar-refractivity contribution < 1.29 is 14.3 Å². The van der Waals surface area contributed by atoms with Crippen molar-refractivity contribution in [2.75, 3.05) is 11.9 Å². The van der Waals surface area contributed by atoms with Gasteiger partial charge in [0.1, 0.15) is 17.6 Å². The first-order valence-corrected chi connectivity index (χ1v) is 8.90. The van der Waals surface area contributed by atoms with Crippen LogP contribution in [0.3, 0.4) is 0 Å². The lowest BCUT2D eigenvalue weighted by molar-refractivity contribution is 0.110. The van der Waals surface area contributed by atoms with Crippen LogP contribution in [-0.4, -0.2) is 33.2 Å². The lowest BCUT2D eigenvalue weighted by atomic mass is 10.1. The van der Waals surface area contributed by atoms with Crippen LogP contribution in [0.4, 0.5) is 10.5 Å². The normalized spacial score (nSPS) is 18.4. The predicted molar refractivity (Wildman–Crippen MR) is 96.4 cm³/mol. The van der Waals surface area contributed by atoms with Gasteiger partial charge in [0.15, 0.2) is 0 Å². The second-order valence-electron chi connectivity index (χ2n) is 6.17. The molecule has 0 saturated carbocycles. The van der Waals surface area contributed by atoms with E-state index in [0.717, 1.165) is 12.8 Å². The number of likely N-dealkylation sites (tertiary alicyclic amines) is 1. The number of hydrogen-bond acceptors (Lipinski definition) is 4. The number of carbonyl (C=O) groups is 1. The van der Waals surface area contributed by atoms with E-state index >= 15 is 0 Å². The van der Waals surface area contributed by atoms with Gasteiger partial charge in [-0.25, -0.2) is 4.79 Å². The fraction of sp³-hybridized carbons (Fsp3) is 0.412. The van der Waals surface area contributed by atoms with Crippen LogP contribution < -0.4 is 10.9 Å². The van der Waals surface area contributed by atoms with Crippen LogP contribution in [0.1, 0.15) is 31.1 Å². The summed E-state index contributed by atoms with van der Waals surface area (Å²) in [5.74, 6) is 0.494. The van der Waals surface area contributed by atoms with Gasteiger partial charge in [0, 0.05) is 36.7 Å². The number of nitrogens with one attached hydrogen (secondary N) is 1. The van der Waals surface area contributed by atoms with Crippen LogP contribution in [0.25, 0.3) is 0 Å². The molecule has 0 spiro atoms. The Bertz CT molecular complexity index is 803. The van der Waals surface area contributed by atoms with Crippen LogP contribution in [0, 0.1) is 0 Å². The van der Waals surface area contributed by atoms with Crippen molar-refractivity contribution in [2.24, 2.45) is 7.05 Å². The quantitative estimate of drug-likeness (QED) is 0.812. The zero-order valence-electron chi connectivity index (χ0n) is 13.8. The number of aliphatic hydroxyl groups is 1. The SMILES string of the molecule is Cn1cc(Br)cc(NC(=O)N2CCCC2CC(O)c2ccco2)c1=O. The highest BCUT2D eigenvalue weighted by atomic mass is 79.9. The highest BCUT2D eigenvalue weighted by Crippen LogP contribution is 2.28. The van der Waals surface area contributed by atoms with Crippen molar-refractivity contribution in [1.82, 2.24) is 9.47 Å². The van der Waals surface area contributed by atoms with Gasteiger partial charge < -0.3 is 24.3 Å². The molecular formula is C17H20BrN3O4. The third-order valence-corrected chi connectivity index (χ3v) is 4.83. The molecule has 3 heterocycles. The molecule has 2 N–H and O–H groups in total. The number of carbonyl (C=O) groups excluding carboxylic acids is 1. The lowest BCUT2D eigenvalue weighted by Gasteiger charge is -2.26. The first kappa shape index (κ1) is 17.8. The molecule has 0 bridgehead atoms. The molecule has 2 amide bonds. The van der Waals surface area contributed by atoms with Crippen molar-refractivity contribution in [3.63, 3.8) is 0 Å². The molecule has 25 heavy (non-hydrogen) atoms. The van der Waals surface area contributed by atoms with Crippen molar-refractivity contribution in [2.45, 2.75) is 31.4 Å². The summed E-state index contributed by atoms with van der Waals surface area (Å²) in [7, 11) is 1.63. The Morgan fingerprint density at radius 3 is 3.08 bits per heavy atom. The number of amides is 2. The van der Waals surface area contributed by atoms with Gasteiger partial charge >= 0.3 is 6.03 Å². The van der Waals surface area contributed by atoms with E-state index in [9.17, 15) is 14.7 Å². The zero-order chi connectivity index (χ0) is 18.0. The van der Waals surface area contributed by atoms with E-state index in [0.29, 0.717) is 23.2 Å². The molecule has 0 aromatic carbocycles. The third-order valence-electron chi connectivity index (χ3n) is 4.40. The maximum Gasteiger partial charge on any atom is 0.322 e. The minimum Gasteiger partial charge on any atom is -0.467 e. The highest BCUT2D eigenvalue weighted by molar-refractivity contribution is 9.10. The molecule has 1 saturated heterocycles. The number of halogens is 1. The molecule has 2 unspecified atom stereocenters. The minimum atomic E-state index is -0.757. The smallest absolute Gasteiger partial charge is 0.322 e. The molecule has 0 radical (unpaired) electrons. The first-order valence-electron chi connectivity index (χ1n) is 8.11. The number of rotatable bonds is 4. The van der Waals surface area contributed by atoms with Crippen LogP contribution in [-0.2, 0) is 7.05 Å². The Morgan fingerprint density at radius 1 is 1.56 bits per heavy atom. The predicted octanol–water partition coefficient (Wildman–Crippen LogP) is 2.86. The fourth-order valence-electron chi connectivity index (χ4n) is 3.15. The van der Waals surface area contributed by atoms with Gasteiger partial charge in [-0.15, -0.1) is 0 Å². The lowest BCUT2D eigenvalue weighted by Crippen LogP contribution is -2.40. The molecule has 1 aliphatic rings. The maximum absolute atomic E-state index is 12.6. The van der Waals surface area contributed by atoms with Crippen LogP contribution in [0.15, 0.2) is 44.3 Å². The van der Waals surface area contributed by atoms with Crippen molar-refractivity contribution in [3.8, 4) is 0 Å². The Balaban J connectivity index is 1.70. The van der Waals surface area contributed by atoms with E-state index in [1.54, 1.807) is 36.3 Å². The minimum absolute atomic E-state index is 0.101. The van der Waals surface area contributed by atoms with Gasteiger partial charge in [0.2, 0.25) is 0 Å². The number of anilines is 1. The van der Waals surface area contributed by atoms with E-state index < -0.39 is 6.10 Å². The summed E-state index contributed by atoms with van der Waals surface area (Å²) < 4.78 is 7.33. The number of aromatic nitrogens is 1. The van der Waals surface area contributed by atoms with Gasteiger partial charge in [-0.05, 0) is 47.0 Å². The summed E-state index contributed by atoms with van der Waals surface area (Å²) in [6, 6.07) is 4.60. The molecule has 0 aliphatic carbocycles. The molecule has 7 nitrogen and oxygen atoms in total. The number of aliphatic hydroxyl groups excluding tert-OH is 1. The molecule has 1 fully saturated rings. The fourth-order valence-corrected chi connectivity index (χ4v) is 3.69. The van der Waals surface area contributed by atoms with Gasteiger partial charge in [0.25, 0.3) is 5.56 Å². The average Bonchev–Trinajstić information content (AvgIpc) is 3.23. The second kappa shape index (κ2) is 7.45. The average molecular weight is 410 g/mol. The summed E-state index contributed by atoms with van der Waals surface area (Å²) in [4.78, 5) is 26.4. The Morgan fingerprint density at radius 2 is 2.36 bits per heavy atom. The Labute approximate surface area is 153 Å².